The maximum absolute atomic E-state index is 11.9. The van der Waals surface area contributed by atoms with Gasteiger partial charge in [0, 0.05) is 5.69 Å². The van der Waals surface area contributed by atoms with E-state index in [4.69, 9.17) is 4.74 Å². The molecule has 0 aliphatic rings. The van der Waals surface area contributed by atoms with Gasteiger partial charge in [0.2, 0.25) is 10.0 Å². The second-order valence-electron chi connectivity index (χ2n) is 4.89. The number of anilines is 1. The van der Waals surface area contributed by atoms with Crippen molar-refractivity contribution in [3.05, 3.63) is 54.1 Å². The Kier molecular flexibility index (Phi) is 5.36. The highest BCUT2D eigenvalue weighted by Gasteiger charge is 2.12. The first-order valence-electron chi connectivity index (χ1n) is 6.93. The van der Waals surface area contributed by atoms with Crippen LogP contribution in [0.4, 0.5) is 5.69 Å². The van der Waals surface area contributed by atoms with Crippen molar-refractivity contribution in [2.45, 2.75) is 11.8 Å². The summed E-state index contributed by atoms with van der Waals surface area (Å²) in [7, 11) is -2.22. The largest absolute Gasteiger partial charge is 0.484 e. The predicted molar refractivity (Wildman–Crippen MR) is 88.0 cm³/mol. The first kappa shape index (κ1) is 17.0. The summed E-state index contributed by atoms with van der Waals surface area (Å²) in [6.45, 7) is 1.77. The minimum absolute atomic E-state index is 0.0809. The molecule has 0 heterocycles. The molecule has 0 spiro atoms. The van der Waals surface area contributed by atoms with E-state index in [-0.39, 0.29) is 17.4 Å². The molecule has 0 atom stereocenters. The van der Waals surface area contributed by atoms with Gasteiger partial charge in [-0.25, -0.2) is 13.1 Å². The summed E-state index contributed by atoms with van der Waals surface area (Å²) >= 11 is 0. The number of rotatable bonds is 6. The maximum atomic E-state index is 11.9. The molecule has 0 bridgehead atoms. The Morgan fingerprint density at radius 3 is 2.57 bits per heavy atom. The van der Waals surface area contributed by atoms with Crippen LogP contribution in [0.2, 0.25) is 0 Å². The quantitative estimate of drug-likeness (QED) is 0.845. The first-order chi connectivity index (χ1) is 10.9. The lowest BCUT2D eigenvalue weighted by Gasteiger charge is -2.09. The summed E-state index contributed by atoms with van der Waals surface area (Å²) in [6.07, 6.45) is 0. The zero-order valence-electron chi connectivity index (χ0n) is 12.9. The summed E-state index contributed by atoms with van der Waals surface area (Å²) in [5.41, 5.74) is 1.42. The summed E-state index contributed by atoms with van der Waals surface area (Å²) in [5, 5.41) is 2.61. The Hall–Kier alpha value is -2.38. The molecule has 0 aliphatic carbocycles. The van der Waals surface area contributed by atoms with Crippen LogP contribution in [0.25, 0.3) is 0 Å². The van der Waals surface area contributed by atoms with E-state index in [9.17, 15) is 13.2 Å². The van der Waals surface area contributed by atoms with Gasteiger partial charge in [-0.3, -0.25) is 4.79 Å². The van der Waals surface area contributed by atoms with Gasteiger partial charge in [-0.15, -0.1) is 0 Å². The van der Waals surface area contributed by atoms with Crippen molar-refractivity contribution in [1.29, 1.82) is 0 Å². The van der Waals surface area contributed by atoms with Crippen LogP contribution in [0, 0.1) is 6.92 Å². The fraction of sp³-hybridized carbons (Fsp3) is 0.188. The van der Waals surface area contributed by atoms with Gasteiger partial charge in [-0.1, -0.05) is 18.2 Å². The number of carbonyl (C=O) groups excluding carboxylic acids is 1. The number of ether oxygens (including phenoxy) is 1. The van der Waals surface area contributed by atoms with Crippen LogP contribution in [0.15, 0.2) is 53.4 Å². The SMILES string of the molecule is CNS(=O)(=O)c1cccc(NC(=O)COc2cccc(C)c2)c1. The van der Waals surface area contributed by atoms with E-state index in [1.807, 2.05) is 25.1 Å². The number of carbonyl (C=O) groups is 1. The van der Waals surface area contributed by atoms with E-state index in [1.165, 1.54) is 19.2 Å². The molecule has 0 saturated carbocycles. The van der Waals surface area contributed by atoms with Crippen LogP contribution >= 0.6 is 0 Å². The molecule has 0 fully saturated rings. The number of benzene rings is 2. The van der Waals surface area contributed by atoms with Crippen molar-refractivity contribution in [2.24, 2.45) is 0 Å². The van der Waals surface area contributed by atoms with Crippen LogP contribution in [0.1, 0.15) is 5.56 Å². The highest BCUT2D eigenvalue weighted by atomic mass is 32.2. The van der Waals surface area contributed by atoms with E-state index in [0.29, 0.717) is 11.4 Å². The molecule has 2 N–H and O–H groups in total. The molecule has 2 aromatic carbocycles. The van der Waals surface area contributed by atoms with Gasteiger partial charge in [0.05, 0.1) is 4.90 Å². The number of aryl methyl sites for hydroxylation is 1. The predicted octanol–water partition coefficient (Wildman–Crippen LogP) is 1.92. The fourth-order valence-corrected chi connectivity index (χ4v) is 2.69. The van der Waals surface area contributed by atoms with Crippen LogP contribution in [-0.2, 0) is 14.8 Å². The number of amides is 1. The van der Waals surface area contributed by atoms with Gasteiger partial charge < -0.3 is 10.1 Å². The Morgan fingerprint density at radius 1 is 1.13 bits per heavy atom. The van der Waals surface area contributed by atoms with E-state index in [2.05, 4.69) is 10.0 Å². The zero-order valence-corrected chi connectivity index (χ0v) is 13.7. The highest BCUT2D eigenvalue weighted by molar-refractivity contribution is 7.89. The second kappa shape index (κ2) is 7.26. The van der Waals surface area contributed by atoms with E-state index >= 15 is 0 Å². The normalized spacial score (nSPS) is 11.0. The monoisotopic (exact) mass is 334 g/mol. The lowest BCUT2D eigenvalue weighted by atomic mass is 10.2. The molecular formula is C16H18N2O4S. The molecule has 6 nitrogen and oxygen atoms in total. The molecule has 1 amide bonds. The lowest BCUT2D eigenvalue weighted by Crippen LogP contribution is -2.21. The fourth-order valence-electron chi connectivity index (χ4n) is 1.91. The van der Waals surface area contributed by atoms with Crippen molar-refractivity contribution in [3.8, 4) is 5.75 Å². The Labute approximate surface area is 135 Å². The summed E-state index contributed by atoms with van der Waals surface area (Å²) in [6, 6.07) is 13.4. The molecule has 0 aliphatic heterocycles. The zero-order chi connectivity index (χ0) is 16.9. The number of nitrogens with one attached hydrogen (secondary N) is 2. The summed E-state index contributed by atoms with van der Waals surface area (Å²) in [5.74, 6) is 0.233. The van der Waals surface area contributed by atoms with Crippen molar-refractivity contribution < 1.29 is 17.9 Å². The third kappa shape index (κ3) is 4.80. The van der Waals surface area contributed by atoms with E-state index in [0.717, 1.165) is 5.56 Å². The van der Waals surface area contributed by atoms with Gasteiger partial charge in [-0.2, -0.15) is 0 Å². The molecule has 7 heteroatoms. The smallest absolute Gasteiger partial charge is 0.262 e. The Morgan fingerprint density at radius 2 is 1.87 bits per heavy atom. The molecule has 2 aromatic rings. The Bertz CT molecular complexity index is 803. The molecule has 122 valence electrons. The molecule has 0 aromatic heterocycles. The standard InChI is InChI=1S/C16H18N2O4S/c1-12-5-3-7-14(9-12)22-11-16(19)18-13-6-4-8-15(10-13)23(20,21)17-2/h3-10,17H,11H2,1-2H3,(H,18,19). The van der Waals surface area contributed by atoms with Crippen molar-refractivity contribution in [3.63, 3.8) is 0 Å². The van der Waals surface area contributed by atoms with Gasteiger partial charge in [-0.05, 0) is 49.9 Å². The lowest BCUT2D eigenvalue weighted by molar-refractivity contribution is -0.118. The highest BCUT2D eigenvalue weighted by Crippen LogP contribution is 2.16. The average molecular weight is 334 g/mol. The van der Waals surface area contributed by atoms with Gasteiger partial charge in [0.25, 0.3) is 5.91 Å². The number of hydrogen-bond acceptors (Lipinski definition) is 4. The van der Waals surface area contributed by atoms with Gasteiger partial charge in [0.1, 0.15) is 5.75 Å². The van der Waals surface area contributed by atoms with Crippen LogP contribution < -0.4 is 14.8 Å². The molecule has 0 radical (unpaired) electrons. The number of hydrogen-bond donors (Lipinski definition) is 2. The molecule has 0 unspecified atom stereocenters. The third-order valence-corrected chi connectivity index (χ3v) is 4.47. The topological polar surface area (TPSA) is 84.5 Å². The summed E-state index contributed by atoms with van der Waals surface area (Å²) < 4.78 is 31.1. The first-order valence-corrected chi connectivity index (χ1v) is 8.42. The molecule has 2 rings (SSSR count). The second-order valence-corrected chi connectivity index (χ2v) is 6.78. The third-order valence-electron chi connectivity index (χ3n) is 3.06. The minimum atomic E-state index is -3.55. The number of sulfonamides is 1. The van der Waals surface area contributed by atoms with Crippen molar-refractivity contribution in [1.82, 2.24) is 4.72 Å². The molecule has 0 saturated heterocycles. The molecule has 23 heavy (non-hydrogen) atoms. The van der Waals surface area contributed by atoms with E-state index in [1.54, 1.807) is 18.2 Å². The van der Waals surface area contributed by atoms with Gasteiger partial charge in [0.15, 0.2) is 6.61 Å². The van der Waals surface area contributed by atoms with Crippen molar-refractivity contribution >= 4 is 21.6 Å². The van der Waals surface area contributed by atoms with Crippen LogP contribution in [-0.4, -0.2) is 28.0 Å². The van der Waals surface area contributed by atoms with Crippen LogP contribution in [0.5, 0.6) is 5.75 Å². The van der Waals surface area contributed by atoms with Gasteiger partial charge >= 0.3 is 0 Å². The molecular weight excluding hydrogens is 316 g/mol. The average Bonchev–Trinajstić information content (AvgIpc) is 2.53. The van der Waals surface area contributed by atoms with Crippen LogP contribution in [0.3, 0.4) is 0 Å². The Balaban J connectivity index is 1.99. The maximum Gasteiger partial charge on any atom is 0.262 e. The minimum Gasteiger partial charge on any atom is -0.484 e. The summed E-state index contributed by atoms with van der Waals surface area (Å²) in [4.78, 5) is 12.0. The van der Waals surface area contributed by atoms with E-state index < -0.39 is 10.0 Å². The van der Waals surface area contributed by atoms with Crippen molar-refractivity contribution in [2.75, 3.05) is 19.0 Å².